The molecule has 0 spiro atoms. The van der Waals surface area contributed by atoms with Crippen molar-refractivity contribution < 1.29 is 8.82 Å². The minimum absolute atomic E-state index is 0.187. The van der Waals surface area contributed by atoms with Gasteiger partial charge in [-0.15, -0.1) is 11.8 Å². The first-order chi connectivity index (χ1) is 16.1. The van der Waals surface area contributed by atoms with Crippen LogP contribution in [0, 0.1) is 6.92 Å². The topological polar surface area (TPSA) is 64.1 Å². The summed E-state index contributed by atoms with van der Waals surface area (Å²) in [5, 5.41) is 1.03. The van der Waals surface area contributed by atoms with Crippen molar-refractivity contribution in [1.29, 1.82) is 0 Å². The molecule has 2 heterocycles. The highest BCUT2D eigenvalue weighted by atomic mass is 32.2. The Morgan fingerprint density at radius 2 is 1.59 bits per heavy atom. The van der Waals surface area contributed by atoms with Crippen LogP contribution in [0.3, 0.4) is 0 Å². The lowest BCUT2D eigenvalue weighted by Gasteiger charge is -2.43. The third kappa shape index (κ3) is 4.49. The van der Waals surface area contributed by atoms with Crippen LogP contribution in [-0.4, -0.2) is 29.7 Å². The highest BCUT2D eigenvalue weighted by Crippen LogP contribution is 2.43. The van der Waals surface area contributed by atoms with Crippen LogP contribution < -0.4 is 21.6 Å². The van der Waals surface area contributed by atoms with Gasteiger partial charge in [0.15, 0.2) is 0 Å². The van der Waals surface area contributed by atoms with E-state index in [1.165, 1.54) is 28.6 Å². The van der Waals surface area contributed by atoms with Crippen LogP contribution in [0.2, 0.25) is 5.04 Å². The Balaban J connectivity index is 1.67. The Morgan fingerprint density at radius 1 is 1.03 bits per heavy atom. The average Bonchev–Trinajstić information content (AvgIpc) is 3.17. The predicted octanol–water partition coefficient (Wildman–Crippen LogP) is 3.89. The lowest BCUT2D eigenvalue weighted by Crippen LogP contribution is -2.67. The van der Waals surface area contributed by atoms with Crippen molar-refractivity contribution in [2.24, 2.45) is 0 Å². The van der Waals surface area contributed by atoms with Gasteiger partial charge in [-0.3, -0.25) is 14.3 Å². The van der Waals surface area contributed by atoms with Crippen LogP contribution >= 0.6 is 11.8 Å². The number of aromatic amines is 1. The first-order valence-electron chi connectivity index (χ1n) is 11.2. The van der Waals surface area contributed by atoms with Crippen molar-refractivity contribution in [3.63, 3.8) is 0 Å². The average molecular weight is 497 g/mol. The van der Waals surface area contributed by atoms with Crippen LogP contribution in [0.5, 0.6) is 0 Å². The molecule has 34 heavy (non-hydrogen) atoms. The Kier molecular flexibility index (Phi) is 6.84. The van der Waals surface area contributed by atoms with Crippen molar-refractivity contribution in [1.82, 2.24) is 9.55 Å². The summed E-state index contributed by atoms with van der Waals surface area (Å²) >= 11 is 1.31. The maximum atomic E-state index is 15.0. The monoisotopic (exact) mass is 496 g/mol. The molecular weight excluding hydrogens is 467 g/mol. The van der Waals surface area contributed by atoms with Crippen molar-refractivity contribution >= 4 is 30.5 Å². The molecule has 1 aromatic heterocycles. The van der Waals surface area contributed by atoms with Crippen molar-refractivity contribution in [3.05, 3.63) is 105 Å². The van der Waals surface area contributed by atoms with E-state index in [2.05, 4.69) is 50.0 Å². The summed E-state index contributed by atoms with van der Waals surface area (Å²) in [4.78, 5) is 26.3. The van der Waals surface area contributed by atoms with Crippen LogP contribution in [0.15, 0.2) is 88.4 Å². The smallest absolute Gasteiger partial charge is 0.329 e. The van der Waals surface area contributed by atoms with Gasteiger partial charge in [-0.1, -0.05) is 81.4 Å². The van der Waals surface area contributed by atoms with Gasteiger partial charge in [-0.25, -0.2) is 9.18 Å². The van der Waals surface area contributed by atoms with Gasteiger partial charge in [0.1, 0.15) is 11.2 Å². The normalized spacial score (nSPS) is 18.7. The summed E-state index contributed by atoms with van der Waals surface area (Å²) < 4.78 is 23.1. The van der Waals surface area contributed by atoms with E-state index in [0.717, 1.165) is 10.4 Å². The van der Waals surface area contributed by atoms with Crippen LogP contribution in [0.4, 0.5) is 4.39 Å². The van der Waals surface area contributed by atoms with Crippen LogP contribution in [0.25, 0.3) is 0 Å². The van der Waals surface area contributed by atoms with E-state index in [0.29, 0.717) is 12.2 Å². The van der Waals surface area contributed by atoms with Crippen LogP contribution in [-0.2, 0) is 4.43 Å². The second kappa shape index (κ2) is 9.52. The maximum absolute atomic E-state index is 15.0. The van der Waals surface area contributed by atoms with Gasteiger partial charge < -0.3 is 4.43 Å². The lowest BCUT2D eigenvalue weighted by atomic mass is 10.2. The Labute approximate surface area is 203 Å². The molecule has 2 aromatic carbocycles. The SMILES string of the molecule is Cc1cn([C@H]2S[C@@H](CO[Si](c3ccccc3)(c3ccccc3)C(C)(C)C)C=C2F)c(=O)[nH]c1=O. The van der Waals surface area contributed by atoms with Crippen molar-refractivity contribution in [2.75, 3.05) is 6.61 Å². The van der Waals surface area contributed by atoms with Gasteiger partial charge in [-0.05, 0) is 28.4 Å². The largest absolute Gasteiger partial charge is 0.406 e. The summed E-state index contributed by atoms with van der Waals surface area (Å²) in [5.41, 5.74) is -0.717. The molecule has 0 saturated carbocycles. The number of nitrogens with one attached hydrogen (secondary N) is 1. The van der Waals surface area contributed by atoms with E-state index < -0.39 is 30.8 Å². The molecule has 0 unspecified atom stereocenters. The fourth-order valence-corrected chi connectivity index (χ4v) is 10.4. The molecule has 1 aliphatic heterocycles. The fraction of sp³-hybridized carbons (Fsp3) is 0.308. The number of aromatic nitrogens is 2. The summed E-state index contributed by atoms with van der Waals surface area (Å²) in [6.45, 7) is 8.49. The maximum Gasteiger partial charge on any atom is 0.329 e. The quantitative estimate of drug-likeness (QED) is 0.526. The van der Waals surface area contributed by atoms with E-state index in [-0.39, 0.29) is 10.3 Å². The molecule has 0 amide bonds. The molecule has 178 valence electrons. The van der Waals surface area contributed by atoms with Crippen molar-refractivity contribution in [2.45, 2.75) is 43.4 Å². The second-order valence-electron chi connectivity index (χ2n) is 9.53. The Bertz CT molecular complexity index is 1260. The Morgan fingerprint density at radius 3 is 2.12 bits per heavy atom. The number of hydrogen-bond donors (Lipinski definition) is 1. The summed E-state index contributed by atoms with van der Waals surface area (Å²) in [6, 6.07) is 20.6. The van der Waals surface area contributed by atoms with Crippen LogP contribution in [0.1, 0.15) is 31.7 Å². The highest BCUT2D eigenvalue weighted by molar-refractivity contribution is 8.00. The third-order valence-corrected chi connectivity index (χ3v) is 12.5. The van der Waals surface area contributed by atoms with E-state index in [1.54, 1.807) is 6.92 Å². The van der Waals surface area contributed by atoms with Gasteiger partial charge in [0.05, 0.1) is 11.9 Å². The standard InChI is InChI=1S/C26H29FN2O3SSi/c1-18-16-29(25(31)28-23(18)30)24-22(27)15-19(33-24)17-32-34(26(2,3)4,20-11-7-5-8-12-20)21-13-9-6-10-14-21/h5-16,19,24H,17H2,1-4H3,(H,28,30,31)/t19-,24+/m1/s1. The zero-order valence-corrected chi connectivity index (χ0v) is 21.6. The summed E-state index contributed by atoms with van der Waals surface area (Å²) in [5.74, 6) is -0.408. The second-order valence-corrected chi connectivity index (χ2v) is 15.2. The molecule has 0 saturated heterocycles. The molecule has 0 bridgehead atoms. The summed E-state index contributed by atoms with van der Waals surface area (Å²) in [7, 11) is -2.75. The number of hydrogen-bond acceptors (Lipinski definition) is 4. The molecule has 8 heteroatoms. The van der Waals surface area contributed by atoms with Gasteiger partial charge >= 0.3 is 5.69 Å². The minimum atomic E-state index is -2.75. The first-order valence-corrected chi connectivity index (χ1v) is 14.1. The molecule has 3 aromatic rings. The first kappa shape index (κ1) is 24.4. The van der Waals surface area contributed by atoms with E-state index in [1.807, 2.05) is 36.4 Å². The Hall–Kier alpha value is -2.68. The van der Waals surface area contributed by atoms with E-state index >= 15 is 0 Å². The van der Waals surface area contributed by atoms with Gasteiger partial charge in [0.2, 0.25) is 0 Å². The number of nitrogens with zero attached hydrogens (tertiary/aromatic N) is 1. The number of rotatable bonds is 6. The highest BCUT2D eigenvalue weighted by Gasteiger charge is 2.50. The van der Waals surface area contributed by atoms with E-state index in [4.69, 9.17) is 4.43 Å². The molecule has 1 N–H and O–H groups in total. The van der Waals surface area contributed by atoms with Crippen molar-refractivity contribution in [3.8, 4) is 0 Å². The van der Waals surface area contributed by atoms with E-state index in [9.17, 15) is 14.0 Å². The number of halogens is 1. The molecule has 2 atom stereocenters. The molecule has 5 nitrogen and oxygen atoms in total. The minimum Gasteiger partial charge on any atom is -0.406 e. The fourth-order valence-electron chi connectivity index (χ4n) is 4.54. The number of benzene rings is 2. The molecule has 1 aliphatic rings. The number of thioether (sulfide) groups is 1. The van der Waals surface area contributed by atoms with Gasteiger partial charge in [0.25, 0.3) is 13.9 Å². The summed E-state index contributed by atoms with van der Waals surface area (Å²) in [6.07, 6.45) is 2.94. The molecule has 0 radical (unpaired) electrons. The zero-order chi connectivity index (χ0) is 24.5. The lowest BCUT2D eigenvalue weighted by molar-refractivity contribution is 0.308. The van der Waals surface area contributed by atoms with Gasteiger partial charge in [-0.2, -0.15) is 0 Å². The molecular formula is C26H29FN2O3SSi. The van der Waals surface area contributed by atoms with Gasteiger partial charge in [0, 0.05) is 11.8 Å². The molecule has 4 rings (SSSR count). The molecule has 0 fully saturated rings. The number of aryl methyl sites for hydroxylation is 1. The predicted molar refractivity (Wildman–Crippen MR) is 139 cm³/mol. The third-order valence-electron chi connectivity index (χ3n) is 6.16. The zero-order valence-electron chi connectivity index (χ0n) is 19.7. The molecule has 0 aliphatic carbocycles. The number of H-pyrrole nitrogens is 1.